The van der Waals surface area contributed by atoms with Crippen LogP contribution in [-0.2, 0) is 24.3 Å². The van der Waals surface area contributed by atoms with Crippen LogP contribution in [0.25, 0.3) is 21.3 Å². The zero-order chi connectivity index (χ0) is 21.0. The molecule has 0 unspecified atom stereocenters. The van der Waals surface area contributed by atoms with Gasteiger partial charge in [-0.2, -0.15) is 8.78 Å². The summed E-state index contributed by atoms with van der Waals surface area (Å²) < 4.78 is 34.8. The molecule has 0 atom stereocenters. The van der Waals surface area contributed by atoms with Crippen molar-refractivity contribution < 1.29 is 18.3 Å². The average Bonchev–Trinajstić information content (AvgIpc) is 3.41. The number of rotatable bonds is 4. The van der Waals surface area contributed by atoms with Crippen LogP contribution >= 0.6 is 11.3 Å². The molecule has 1 aromatic carbocycles. The molecule has 0 N–H and O–H groups in total. The number of benzene rings is 1. The van der Waals surface area contributed by atoms with Gasteiger partial charge in [-0.1, -0.05) is 12.1 Å². The summed E-state index contributed by atoms with van der Waals surface area (Å²) in [5, 5.41) is 0.414. The summed E-state index contributed by atoms with van der Waals surface area (Å²) in [6.07, 6.45) is 1.60. The number of para-hydroxylation sites is 2. The van der Waals surface area contributed by atoms with E-state index in [2.05, 4.69) is 9.97 Å². The van der Waals surface area contributed by atoms with Gasteiger partial charge in [0.05, 0.1) is 16.4 Å². The number of aryl methyl sites for hydroxylation is 2. The Morgan fingerprint density at radius 3 is 2.90 bits per heavy atom. The highest BCUT2D eigenvalue weighted by Crippen LogP contribution is 2.30. The van der Waals surface area contributed by atoms with Crippen LogP contribution < -0.4 is 5.56 Å². The van der Waals surface area contributed by atoms with E-state index in [4.69, 9.17) is 4.74 Å². The molecule has 0 radical (unpaired) electrons. The largest absolute Gasteiger partial charge is 0.453 e. The van der Waals surface area contributed by atoms with Gasteiger partial charge in [-0.3, -0.25) is 13.9 Å². The first-order chi connectivity index (χ1) is 14.5. The lowest BCUT2D eigenvalue weighted by atomic mass is 10.2. The van der Waals surface area contributed by atoms with Gasteiger partial charge in [0, 0.05) is 13.0 Å². The molecular formula is C20H16F2N4O3S. The number of ether oxygens (including phenoxy) is 1. The molecule has 0 amide bonds. The smallest absolute Gasteiger partial charge is 0.349 e. The van der Waals surface area contributed by atoms with Crippen LogP contribution in [0.5, 0.6) is 0 Å². The summed E-state index contributed by atoms with van der Waals surface area (Å²) in [4.78, 5) is 34.9. The quantitative estimate of drug-likeness (QED) is 0.460. The molecule has 4 heterocycles. The van der Waals surface area contributed by atoms with E-state index < -0.39 is 19.1 Å². The maximum absolute atomic E-state index is 13.5. The summed E-state index contributed by atoms with van der Waals surface area (Å²) in [5.41, 5.74) is 1.01. The number of thiophene rings is 1. The van der Waals surface area contributed by atoms with E-state index in [9.17, 15) is 18.4 Å². The third-order valence-corrected chi connectivity index (χ3v) is 6.46. The zero-order valence-electron chi connectivity index (χ0n) is 15.9. The number of nitrogens with zero attached hydrogens (tertiary/aromatic N) is 4. The van der Waals surface area contributed by atoms with E-state index in [1.165, 1.54) is 6.07 Å². The maximum atomic E-state index is 13.5. The van der Waals surface area contributed by atoms with Gasteiger partial charge in [0.25, 0.3) is 5.56 Å². The number of fused-ring (bicyclic) bond motifs is 3. The standard InChI is InChI=1S/C20H16F2N4O3S/c1-10-15-17(24-13-7-4-8-25(13)18(15)27)30-16(10)19(28)29-9-14-23-11-5-2-3-6-12(11)26(14)20(21)22/h2-3,5-6,20H,4,7-9H2,1H3. The Labute approximate surface area is 172 Å². The van der Waals surface area contributed by atoms with E-state index >= 15 is 0 Å². The molecule has 0 bridgehead atoms. The molecule has 3 aromatic heterocycles. The molecule has 1 aliphatic rings. The molecule has 30 heavy (non-hydrogen) atoms. The van der Waals surface area contributed by atoms with E-state index in [0.29, 0.717) is 27.8 Å². The number of hydrogen-bond donors (Lipinski definition) is 0. The number of imidazole rings is 1. The molecule has 7 nitrogen and oxygen atoms in total. The van der Waals surface area contributed by atoms with Crippen molar-refractivity contribution in [3.63, 3.8) is 0 Å². The van der Waals surface area contributed by atoms with Crippen molar-refractivity contribution in [1.29, 1.82) is 0 Å². The zero-order valence-corrected chi connectivity index (χ0v) is 16.7. The van der Waals surface area contributed by atoms with Gasteiger partial charge in [0.1, 0.15) is 22.1 Å². The van der Waals surface area contributed by atoms with Crippen molar-refractivity contribution in [2.24, 2.45) is 0 Å². The van der Waals surface area contributed by atoms with Crippen LogP contribution in [0.2, 0.25) is 0 Å². The van der Waals surface area contributed by atoms with Gasteiger partial charge in [-0.05, 0) is 31.0 Å². The molecule has 154 valence electrons. The summed E-state index contributed by atoms with van der Waals surface area (Å²) in [7, 11) is 0. The van der Waals surface area contributed by atoms with E-state index in [1.54, 1.807) is 29.7 Å². The third-order valence-electron chi connectivity index (χ3n) is 5.29. The average molecular weight is 430 g/mol. The molecule has 1 aliphatic heterocycles. The third kappa shape index (κ3) is 2.82. The van der Waals surface area contributed by atoms with Crippen molar-refractivity contribution in [2.75, 3.05) is 0 Å². The summed E-state index contributed by atoms with van der Waals surface area (Å²) in [5.74, 6) is -0.0114. The Morgan fingerprint density at radius 2 is 2.10 bits per heavy atom. The fraction of sp³-hybridized carbons (Fsp3) is 0.300. The Hall–Kier alpha value is -3.14. The summed E-state index contributed by atoms with van der Waals surface area (Å²) in [6.45, 7) is -0.928. The van der Waals surface area contributed by atoms with Gasteiger partial charge in [-0.15, -0.1) is 11.3 Å². The lowest BCUT2D eigenvalue weighted by Gasteiger charge is -2.08. The number of alkyl halides is 2. The van der Waals surface area contributed by atoms with Gasteiger partial charge in [0.15, 0.2) is 5.82 Å². The lowest BCUT2D eigenvalue weighted by Crippen LogP contribution is -2.20. The van der Waals surface area contributed by atoms with Crippen LogP contribution in [0.3, 0.4) is 0 Å². The number of esters is 1. The molecule has 0 saturated heterocycles. The second kappa shape index (κ2) is 6.98. The molecule has 10 heteroatoms. The lowest BCUT2D eigenvalue weighted by molar-refractivity contribution is 0.0391. The first kappa shape index (κ1) is 18.9. The van der Waals surface area contributed by atoms with Crippen LogP contribution in [0.1, 0.15) is 39.9 Å². The van der Waals surface area contributed by atoms with Crippen LogP contribution in [-0.4, -0.2) is 25.1 Å². The highest BCUT2D eigenvalue weighted by atomic mass is 32.1. The number of carbonyl (C=O) groups excluding carboxylic acids is 1. The fourth-order valence-corrected chi connectivity index (χ4v) is 4.96. The number of hydrogen-bond acceptors (Lipinski definition) is 6. The van der Waals surface area contributed by atoms with Crippen LogP contribution in [0.15, 0.2) is 29.1 Å². The van der Waals surface area contributed by atoms with Crippen molar-refractivity contribution in [1.82, 2.24) is 19.1 Å². The Kier molecular flexibility index (Phi) is 4.39. The Bertz CT molecular complexity index is 1370. The molecule has 4 aromatic rings. The van der Waals surface area contributed by atoms with E-state index in [1.807, 2.05) is 0 Å². The highest BCUT2D eigenvalue weighted by Gasteiger charge is 2.25. The topological polar surface area (TPSA) is 79.0 Å². The SMILES string of the molecule is Cc1c(C(=O)OCc2nc3ccccc3n2C(F)F)sc2nc3n(c(=O)c12)CCC3. The monoisotopic (exact) mass is 430 g/mol. The predicted octanol–water partition coefficient (Wildman–Crippen LogP) is 3.81. The van der Waals surface area contributed by atoms with Crippen LogP contribution in [0, 0.1) is 6.92 Å². The van der Waals surface area contributed by atoms with Gasteiger partial charge >= 0.3 is 12.5 Å². The van der Waals surface area contributed by atoms with Gasteiger partial charge in [0.2, 0.25) is 0 Å². The second-order valence-electron chi connectivity index (χ2n) is 7.07. The minimum atomic E-state index is -2.82. The maximum Gasteiger partial charge on any atom is 0.349 e. The van der Waals surface area contributed by atoms with E-state index in [-0.39, 0.29) is 21.8 Å². The van der Waals surface area contributed by atoms with Crippen molar-refractivity contribution >= 4 is 38.6 Å². The van der Waals surface area contributed by atoms with Crippen molar-refractivity contribution in [3.8, 4) is 0 Å². The number of carbonyl (C=O) groups is 1. The predicted molar refractivity (Wildman–Crippen MR) is 107 cm³/mol. The first-order valence-electron chi connectivity index (χ1n) is 9.39. The molecular weight excluding hydrogens is 414 g/mol. The highest BCUT2D eigenvalue weighted by molar-refractivity contribution is 7.20. The van der Waals surface area contributed by atoms with Crippen molar-refractivity contribution in [2.45, 2.75) is 39.5 Å². The Balaban J connectivity index is 1.47. The normalized spacial score (nSPS) is 13.5. The molecule has 5 rings (SSSR count). The number of aromatic nitrogens is 4. The summed E-state index contributed by atoms with van der Waals surface area (Å²) >= 11 is 1.09. The fourth-order valence-electron chi connectivity index (χ4n) is 3.88. The summed E-state index contributed by atoms with van der Waals surface area (Å²) in [6, 6.07) is 6.49. The van der Waals surface area contributed by atoms with Gasteiger partial charge < -0.3 is 4.74 Å². The van der Waals surface area contributed by atoms with E-state index in [0.717, 1.165) is 34.6 Å². The number of halogens is 2. The molecule has 0 saturated carbocycles. The van der Waals surface area contributed by atoms with Crippen LogP contribution in [0.4, 0.5) is 8.78 Å². The minimum Gasteiger partial charge on any atom is -0.453 e. The minimum absolute atomic E-state index is 0.0458. The second-order valence-corrected chi connectivity index (χ2v) is 8.06. The first-order valence-corrected chi connectivity index (χ1v) is 10.2. The Morgan fingerprint density at radius 1 is 1.30 bits per heavy atom. The molecule has 0 aliphatic carbocycles. The molecule has 0 fully saturated rings. The van der Waals surface area contributed by atoms with Crippen molar-refractivity contribution in [3.05, 3.63) is 56.7 Å². The molecule has 0 spiro atoms. The van der Waals surface area contributed by atoms with Gasteiger partial charge in [-0.25, -0.2) is 14.8 Å².